The summed E-state index contributed by atoms with van der Waals surface area (Å²) in [6, 6.07) is 11.4. The first-order chi connectivity index (χ1) is 11.1. The molecule has 0 bridgehead atoms. The normalized spacial score (nSPS) is 10.7. The topological polar surface area (TPSA) is 52.1 Å². The number of fused-ring (bicyclic) bond motifs is 1. The zero-order valence-corrected chi connectivity index (χ0v) is 13.6. The molecule has 0 spiro atoms. The molecule has 0 aliphatic rings. The molecule has 0 aliphatic carbocycles. The summed E-state index contributed by atoms with van der Waals surface area (Å²) in [5, 5.41) is 9.86. The predicted molar refractivity (Wildman–Crippen MR) is 90.7 cm³/mol. The highest BCUT2D eigenvalue weighted by atomic mass is 35.5. The van der Waals surface area contributed by atoms with Gasteiger partial charge < -0.3 is 4.74 Å². The smallest absolute Gasteiger partial charge is 0.338 e. The second kappa shape index (κ2) is 6.34. The van der Waals surface area contributed by atoms with Crippen molar-refractivity contribution in [2.75, 3.05) is 6.61 Å². The van der Waals surface area contributed by atoms with E-state index in [0.29, 0.717) is 17.3 Å². The van der Waals surface area contributed by atoms with Crippen molar-refractivity contribution in [3.63, 3.8) is 0 Å². The molecule has 0 fully saturated rings. The number of carbonyl (C=O) groups is 1. The number of nitrogens with zero attached hydrogens (tertiary/aromatic N) is 2. The van der Waals surface area contributed by atoms with Crippen molar-refractivity contribution in [2.24, 2.45) is 0 Å². The van der Waals surface area contributed by atoms with Crippen LogP contribution in [0.3, 0.4) is 0 Å². The Balaban J connectivity index is 2.10. The number of rotatable bonds is 3. The van der Waals surface area contributed by atoms with Crippen LogP contribution < -0.4 is 0 Å². The molecular weight excluding hydrogens is 312 g/mol. The Morgan fingerprint density at radius 3 is 2.83 bits per heavy atom. The number of carbonyl (C=O) groups excluding carboxylic acids is 1. The SMILES string of the molecule is CCOC(=O)c1ccc(C)c(-c2ccc3c(Cl)nncc3c2)c1. The van der Waals surface area contributed by atoms with Gasteiger partial charge in [0.1, 0.15) is 0 Å². The van der Waals surface area contributed by atoms with E-state index in [1.807, 2.05) is 37.3 Å². The van der Waals surface area contributed by atoms with Gasteiger partial charge in [-0.3, -0.25) is 0 Å². The van der Waals surface area contributed by atoms with E-state index < -0.39 is 0 Å². The molecular formula is C18H15ClN2O2. The molecule has 0 saturated carbocycles. The molecule has 116 valence electrons. The number of aromatic nitrogens is 2. The third-order valence-corrected chi connectivity index (χ3v) is 3.96. The number of ether oxygens (including phenoxy) is 1. The monoisotopic (exact) mass is 326 g/mol. The van der Waals surface area contributed by atoms with Crippen LogP contribution in [0.15, 0.2) is 42.6 Å². The summed E-state index contributed by atoms with van der Waals surface area (Å²) in [6.07, 6.45) is 1.68. The van der Waals surface area contributed by atoms with Gasteiger partial charge in [0, 0.05) is 10.8 Å². The van der Waals surface area contributed by atoms with E-state index in [1.54, 1.807) is 19.2 Å². The Morgan fingerprint density at radius 1 is 1.22 bits per heavy atom. The standard InChI is InChI=1S/C18H15ClN2O2/c1-3-23-18(22)13-5-4-11(2)16(9-13)12-6-7-15-14(8-12)10-20-21-17(15)19/h4-10H,3H2,1-2H3. The molecule has 5 heteroatoms. The van der Waals surface area contributed by atoms with Gasteiger partial charge in [-0.1, -0.05) is 29.8 Å². The lowest BCUT2D eigenvalue weighted by molar-refractivity contribution is 0.0526. The van der Waals surface area contributed by atoms with Crippen LogP contribution in [0, 0.1) is 6.92 Å². The lowest BCUT2D eigenvalue weighted by atomic mass is 9.96. The molecule has 0 amide bonds. The Kier molecular flexibility index (Phi) is 4.26. The summed E-state index contributed by atoms with van der Waals surface area (Å²) >= 11 is 6.05. The first-order valence-electron chi connectivity index (χ1n) is 7.29. The molecule has 3 rings (SSSR count). The zero-order chi connectivity index (χ0) is 16.4. The highest BCUT2D eigenvalue weighted by Crippen LogP contribution is 2.29. The maximum absolute atomic E-state index is 11.9. The second-order valence-corrected chi connectivity index (χ2v) is 5.55. The molecule has 2 aromatic carbocycles. The van der Waals surface area contributed by atoms with Gasteiger partial charge in [-0.25, -0.2) is 4.79 Å². The van der Waals surface area contributed by atoms with Crippen LogP contribution in [-0.4, -0.2) is 22.8 Å². The summed E-state index contributed by atoms with van der Waals surface area (Å²) in [6.45, 7) is 4.16. The van der Waals surface area contributed by atoms with Crippen LogP contribution in [0.2, 0.25) is 5.15 Å². The Hall–Kier alpha value is -2.46. The van der Waals surface area contributed by atoms with Gasteiger partial charge in [0.25, 0.3) is 0 Å². The minimum absolute atomic E-state index is 0.316. The van der Waals surface area contributed by atoms with E-state index in [9.17, 15) is 4.79 Å². The largest absolute Gasteiger partial charge is 0.462 e. The average Bonchev–Trinajstić information content (AvgIpc) is 2.55. The van der Waals surface area contributed by atoms with Crippen LogP contribution in [0.1, 0.15) is 22.8 Å². The lowest BCUT2D eigenvalue weighted by Crippen LogP contribution is -2.05. The third-order valence-electron chi connectivity index (χ3n) is 3.68. The molecule has 0 saturated heterocycles. The Morgan fingerprint density at radius 2 is 2.04 bits per heavy atom. The third kappa shape index (κ3) is 3.03. The maximum atomic E-state index is 11.9. The molecule has 1 aromatic heterocycles. The number of hydrogen-bond donors (Lipinski definition) is 0. The van der Waals surface area contributed by atoms with Crippen molar-refractivity contribution >= 4 is 28.3 Å². The predicted octanol–water partition coefficient (Wildman–Crippen LogP) is 4.44. The van der Waals surface area contributed by atoms with Gasteiger partial charge in [0.05, 0.1) is 18.4 Å². The number of aryl methyl sites for hydroxylation is 1. The molecule has 0 unspecified atom stereocenters. The molecule has 0 atom stereocenters. The lowest BCUT2D eigenvalue weighted by Gasteiger charge is -2.10. The second-order valence-electron chi connectivity index (χ2n) is 5.19. The quantitative estimate of drug-likeness (QED) is 0.668. The Labute approximate surface area is 139 Å². The van der Waals surface area contributed by atoms with Crippen molar-refractivity contribution in [3.05, 3.63) is 58.9 Å². The van der Waals surface area contributed by atoms with Crippen molar-refractivity contribution in [1.82, 2.24) is 10.2 Å². The Bertz CT molecular complexity index is 893. The van der Waals surface area contributed by atoms with E-state index in [2.05, 4.69) is 10.2 Å². The minimum Gasteiger partial charge on any atom is -0.462 e. The van der Waals surface area contributed by atoms with E-state index >= 15 is 0 Å². The molecule has 0 radical (unpaired) electrons. The van der Waals surface area contributed by atoms with Crippen LogP contribution in [-0.2, 0) is 4.74 Å². The average molecular weight is 327 g/mol. The number of esters is 1. The van der Waals surface area contributed by atoms with Crippen LogP contribution >= 0.6 is 11.6 Å². The zero-order valence-electron chi connectivity index (χ0n) is 12.8. The highest BCUT2D eigenvalue weighted by molar-refractivity contribution is 6.34. The summed E-state index contributed by atoms with van der Waals surface area (Å²) in [4.78, 5) is 11.9. The van der Waals surface area contributed by atoms with Crippen LogP contribution in [0.25, 0.3) is 21.9 Å². The summed E-state index contributed by atoms with van der Waals surface area (Å²) < 4.78 is 5.07. The summed E-state index contributed by atoms with van der Waals surface area (Å²) in [5.41, 5.74) is 3.58. The number of benzene rings is 2. The fourth-order valence-corrected chi connectivity index (χ4v) is 2.71. The summed E-state index contributed by atoms with van der Waals surface area (Å²) in [5.74, 6) is -0.316. The van der Waals surface area contributed by atoms with Crippen molar-refractivity contribution in [1.29, 1.82) is 0 Å². The van der Waals surface area contributed by atoms with E-state index in [4.69, 9.17) is 16.3 Å². The van der Waals surface area contributed by atoms with Crippen molar-refractivity contribution in [2.45, 2.75) is 13.8 Å². The first kappa shape index (κ1) is 15.4. The molecule has 0 aliphatic heterocycles. The fourth-order valence-electron chi connectivity index (χ4n) is 2.49. The fraction of sp³-hybridized carbons (Fsp3) is 0.167. The minimum atomic E-state index is -0.316. The van der Waals surface area contributed by atoms with Gasteiger partial charge in [0.15, 0.2) is 5.15 Å². The van der Waals surface area contributed by atoms with Gasteiger partial charge in [-0.05, 0) is 48.7 Å². The van der Waals surface area contributed by atoms with E-state index in [1.165, 1.54) is 0 Å². The number of hydrogen-bond acceptors (Lipinski definition) is 4. The van der Waals surface area contributed by atoms with Crippen molar-refractivity contribution < 1.29 is 9.53 Å². The highest BCUT2D eigenvalue weighted by Gasteiger charge is 2.11. The molecule has 23 heavy (non-hydrogen) atoms. The van der Waals surface area contributed by atoms with Crippen molar-refractivity contribution in [3.8, 4) is 11.1 Å². The molecule has 3 aromatic rings. The molecule has 1 heterocycles. The van der Waals surface area contributed by atoms with Gasteiger partial charge in [-0.2, -0.15) is 5.10 Å². The first-order valence-corrected chi connectivity index (χ1v) is 7.67. The van der Waals surface area contributed by atoms with Crippen LogP contribution in [0.5, 0.6) is 0 Å². The molecule has 4 nitrogen and oxygen atoms in total. The van der Waals surface area contributed by atoms with E-state index in [-0.39, 0.29) is 5.97 Å². The van der Waals surface area contributed by atoms with Gasteiger partial charge in [-0.15, -0.1) is 5.10 Å². The van der Waals surface area contributed by atoms with E-state index in [0.717, 1.165) is 27.5 Å². The summed E-state index contributed by atoms with van der Waals surface area (Å²) in [7, 11) is 0. The maximum Gasteiger partial charge on any atom is 0.338 e. The van der Waals surface area contributed by atoms with Gasteiger partial charge >= 0.3 is 5.97 Å². The van der Waals surface area contributed by atoms with Crippen LogP contribution in [0.4, 0.5) is 0 Å². The number of halogens is 1. The van der Waals surface area contributed by atoms with Gasteiger partial charge in [0.2, 0.25) is 0 Å². The molecule has 0 N–H and O–H groups in total.